The Morgan fingerprint density at radius 2 is 1.88 bits per heavy atom. The number of piperidine rings is 1. The summed E-state index contributed by atoms with van der Waals surface area (Å²) >= 11 is 0. The van der Waals surface area contributed by atoms with E-state index >= 15 is 0 Å². The summed E-state index contributed by atoms with van der Waals surface area (Å²) in [5.41, 5.74) is 4.44. The summed E-state index contributed by atoms with van der Waals surface area (Å²) in [6.07, 6.45) is 6.70. The van der Waals surface area contributed by atoms with Crippen molar-refractivity contribution in [3.8, 4) is 11.5 Å². The number of carbonyl (C=O) groups excluding carboxylic acids is 1. The zero-order chi connectivity index (χ0) is 28.1. The van der Waals surface area contributed by atoms with E-state index in [1.165, 1.54) is 11.1 Å². The molecular weight excluding hydrogens is 512 g/mol. The molecule has 41 heavy (non-hydrogen) atoms. The first-order chi connectivity index (χ1) is 20.0. The van der Waals surface area contributed by atoms with Crippen LogP contribution in [0.1, 0.15) is 47.6 Å². The molecule has 2 aliphatic heterocycles. The Hall–Kier alpha value is -3.61. The third-order valence-electron chi connectivity index (χ3n) is 10.3. The molecule has 1 saturated heterocycles. The number of rotatable bonds is 7. The third-order valence-corrected chi connectivity index (χ3v) is 10.3. The smallest absolute Gasteiger partial charge is 0.246 e. The standard InChI is InChI=1S/C35H38N2O4/c1-36(31(39)18-13-23-9-5-3-6-10-23)27-16-15-26-28-21-25-14-17-30(40-2)33-32(25)35(26,34(27)41-33)19-20-37(28)22-29(38)24-11-7-4-8-12-24/h3-14,17-18,26-29,34,38H,15-16,19-22H2,1-2H3/t26-,27+,28+,29?,34-,35-/m0/s1. The van der Waals surface area contributed by atoms with Crippen molar-refractivity contribution in [2.75, 3.05) is 27.2 Å². The lowest BCUT2D eigenvalue weighted by Gasteiger charge is -2.60. The quantitative estimate of drug-likeness (QED) is 0.419. The summed E-state index contributed by atoms with van der Waals surface area (Å²) in [5.74, 6) is 2.05. The highest BCUT2D eigenvalue weighted by Crippen LogP contribution is 2.64. The second-order valence-electron chi connectivity index (χ2n) is 12.1. The molecule has 2 fully saturated rings. The van der Waals surface area contributed by atoms with E-state index in [1.54, 1.807) is 13.2 Å². The number of ether oxygens (including phenoxy) is 2. The van der Waals surface area contributed by atoms with Gasteiger partial charge in [0.1, 0.15) is 6.10 Å². The van der Waals surface area contributed by atoms with Crippen LogP contribution in [0.5, 0.6) is 11.5 Å². The summed E-state index contributed by atoms with van der Waals surface area (Å²) in [6, 6.07) is 24.5. The Kier molecular flexibility index (Phi) is 6.63. The molecule has 212 valence electrons. The maximum atomic E-state index is 13.5. The van der Waals surface area contributed by atoms with E-state index in [0.29, 0.717) is 18.5 Å². The van der Waals surface area contributed by atoms with Crippen LogP contribution in [0.4, 0.5) is 0 Å². The van der Waals surface area contributed by atoms with Gasteiger partial charge in [0.2, 0.25) is 5.91 Å². The fraction of sp³-hybridized carbons (Fsp3) is 0.400. The van der Waals surface area contributed by atoms with Crippen molar-refractivity contribution in [3.05, 3.63) is 101 Å². The summed E-state index contributed by atoms with van der Waals surface area (Å²) in [4.78, 5) is 17.9. The summed E-state index contributed by atoms with van der Waals surface area (Å²) in [7, 11) is 3.63. The Morgan fingerprint density at radius 3 is 2.63 bits per heavy atom. The number of aliphatic hydroxyl groups excluding tert-OH is 1. The van der Waals surface area contributed by atoms with E-state index in [0.717, 1.165) is 54.9 Å². The van der Waals surface area contributed by atoms with Gasteiger partial charge in [-0.25, -0.2) is 0 Å². The summed E-state index contributed by atoms with van der Waals surface area (Å²) in [6.45, 7) is 1.51. The van der Waals surface area contributed by atoms with Crippen molar-refractivity contribution in [2.24, 2.45) is 5.92 Å². The van der Waals surface area contributed by atoms with Crippen LogP contribution in [0.2, 0.25) is 0 Å². The molecule has 1 unspecified atom stereocenters. The first-order valence-corrected chi connectivity index (χ1v) is 14.8. The van der Waals surface area contributed by atoms with E-state index in [-0.39, 0.29) is 23.5 Å². The minimum Gasteiger partial charge on any atom is -0.493 e. The van der Waals surface area contributed by atoms with Crippen LogP contribution >= 0.6 is 0 Å². The number of hydrogen-bond acceptors (Lipinski definition) is 5. The van der Waals surface area contributed by atoms with Gasteiger partial charge in [0.05, 0.1) is 19.3 Å². The number of methoxy groups -OCH3 is 1. The number of likely N-dealkylation sites (N-methyl/N-ethyl adjacent to an activating group) is 1. The van der Waals surface area contributed by atoms with Crippen LogP contribution in [-0.2, 0) is 16.6 Å². The topological polar surface area (TPSA) is 62.2 Å². The van der Waals surface area contributed by atoms with Gasteiger partial charge in [0, 0.05) is 36.7 Å². The van der Waals surface area contributed by atoms with E-state index in [4.69, 9.17) is 9.47 Å². The Labute approximate surface area is 242 Å². The van der Waals surface area contributed by atoms with Crippen LogP contribution in [0.25, 0.3) is 6.08 Å². The number of β-amino-alcohol motifs (C(OH)–C–C–N with tert-alkyl or cyclic N) is 1. The molecule has 6 heteroatoms. The van der Waals surface area contributed by atoms with Gasteiger partial charge in [0.15, 0.2) is 11.5 Å². The number of aliphatic hydroxyl groups is 1. The van der Waals surface area contributed by atoms with Crippen molar-refractivity contribution in [3.63, 3.8) is 0 Å². The van der Waals surface area contributed by atoms with Gasteiger partial charge in [-0.1, -0.05) is 66.7 Å². The zero-order valence-corrected chi connectivity index (χ0v) is 23.8. The second kappa shape index (κ2) is 10.3. The lowest BCUT2D eigenvalue weighted by molar-refractivity contribution is -0.135. The van der Waals surface area contributed by atoms with Gasteiger partial charge in [-0.3, -0.25) is 9.69 Å². The van der Waals surface area contributed by atoms with Gasteiger partial charge in [-0.15, -0.1) is 0 Å². The molecule has 2 bridgehead atoms. The fourth-order valence-electron chi connectivity index (χ4n) is 8.39. The Bertz CT molecular complexity index is 1460. The number of nitrogens with zero attached hydrogens (tertiary/aromatic N) is 2. The predicted octanol–water partition coefficient (Wildman–Crippen LogP) is 5.01. The van der Waals surface area contributed by atoms with Crippen LogP contribution in [0, 0.1) is 5.92 Å². The first kappa shape index (κ1) is 26.3. The second-order valence-corrected chi connectivity index (χ2v) is 12.1. The van der Waals surface area contributed by atoms with Crippen molar-refractivity contribution in [2.45, 2.75) is 55.4 Å². The molecule has 2 aliphatic carbocycles. The molecule has 6 atom stereocenters. The van der Waals surface area contributed by atoms with Gasteiger partial charge in [-0.05, 0) is 67.0 Å². The largest absolute Gasteiger partial charge is 0.493 e. The zero-order valence-electron chi connectivity index (χ0n) is 23.8. The maximum Gasteiger partial charge on any atom is 0.246 e. The fourth-order valence-corrected chi connectivity index (χ4v) is 8.39. The van der Waals surface area contributed by atoms with Gasteiger partial charge < -0.3 is 19.5 Å². The van der Waals surface area contributed by atoms with Crippen molar-refractivity contribution in [1.29, 1.82) is 0 Å². The van der Waals surface area contributed by atoms with Crippen molar-refractivity contribution < 1.29 is 19.4 Å². The minimum atomic E-state index is -0.523. The number of benzene rings is 3. The molecule has 3 aromatic rings. The summed E-state index contributed by atoms with van der Waals surface area (Å²) in [5, 5.41) is 11.2. The number of amides is 1. The molecule has 1 N–H and O–H groups in total. The number of likely N-dealkylation sites (tertiary alicyclic amines) is 1. The monoisotopic (exact) mass is 550 g/mol. The summed E-state index contributed by atoms with van der Waals surface area (Å²) < 4.78 is 12.7. The molecule has 1 saturated carbocycles. The van der Waals surface area contributed by atoms with Gasteiger partial charge in [-0.2, -0.15) is 0 Å². The van der Waals surface area contributed by atoms with E-state index in [1.807, 2.05) is 84.8 Å². The highest BCUT2D eigenvalue weighted by atomic mass is 16.5. The lowest BCUT2D eigenvalue weighted by Crippen LogP contribution is -2.69. The molecule has 1 spiro atoms. The molecule has 4 aliphatic rings. The molecule has 1 amide bonds. The van der Waals surface area contributed by atoms with Crippen molar-refractivity contribution in [1.82, 2.24) is 9.80 Å². The van der Waals surface area contributed by atoms with E-state index in [2.05, 4.69) is 11.0 Å². The maximum absolute atomic E-state index is 13.5. The van der Waals surface area contributed by atoms with Crippen LogP contribution < -0.4 is 9.47 Å². The SMILES string of the molecule is COc1ccc2c3c1O[C@H]1[C@H](N(C)C(=O)C=Cc4ccccc4)CC[C@H]4[C@@H](C2)N(CC(O)c2ccccc2)CC[C@@]341. The highest BCUT2D eigenvalue weighted by molar-refractivity contribution is 5.92. The normalized spacial score (nSPS) is 28.6. The molecule has 0 aromatic heterocycles. The molecule has 3 aromatic carbocycles. The minimum absolute atomic E-state index is 0.00349. The van der Waals surface area contributed by atoms with Crippen LogP contribution in [0.15, 0.2) is 78.9 Å². The Morgan fingerprint density at radius 1 is 1.12 bits per heavy atom. The average molecular weight is 551 g/mol. The van der Waals surface area contributed by atoms with Crippen LogP contribution in [0.3, 0.4) is 0 Å². The number of hydrogen-bond donors (Lipinski definition) is 1. The number of carbonyl (C=O) groups is 1. The van der Waals surface area contributed by atoms with E-state index < -0.39 is 6.10 Å². The third kappa shape index (κ3) is 4.19. The molecule has 2 heterocycles. The lowest BCUT2D eigenvalue weighted by atomic mass is 9.51. The first-order valence-electron chi connectivity index (χ1n) is 14.8. The molecule has 0 radical (unpaired) electrons. The highest BCUT2D eigenvalue weighted by Gasteiger charge is 2.66. The molecular formula is C35H38N2O4. The van der Waals surface area contributed by atoms with Gasteiger partial charge in [0.25, 0.3) is 0 Å². The van der Waals surface area contributed by atoms with Crippen molar-refractivity contribution >= 4 is 12.0 Å². The molecule has 6 nitrogen and oxygen atoms in total. The van der Waals surface area contributed by atoms with E-state index in [9.17, 15) is 9.90 Å². The van der Waals surface area contributed by atoms with Crippen LogP contribution in [-0.4, -0.2) is 66.2 Å². The predicted molar refractivity (Wildman–Crippen MR) is 159 cm³/mol. The Balaban J connectivity index is 1.21. The van der Waals surface area contributed by atoms with Gasteiger partial charge >= 0.3 is 0 Å². The molecule has 7 rings (SSSR count). The average Bonchev–Trinajstić information content (AvgIpc) is 3.36.